The molecule has 4 rings (SSSR count). The van der Waals surface area contributed by atoms with Crippen molar-refractivity contribution in [2.75, 3.05) is 53.3 Å². The molecule has 0 aromatic carbocycles. The van der Waals surface area contributed by atoms with Gasteiger partial charge in [-0.3, -0.25) is 9.28 Å². The summed E-state index contributed by atoms with van der Waals surface area (Å²) in [6, 6.07) is 0. The van der Waals surface area contributed by atoms with E-state index in [9.17, 15) is 4.79 Å². The molecule has 7 heteroatoms. The lowest BCUT2D eigenvalue weighted by Gasteiger charge is -2.60. The van der Waals surface area contributed by atoms with E-state index in [-0.39, 0.29) is 12.6 Å². The first-order valence-electron chi connectivity index (χ1n) is 5.59. The molecule has 4 aliphatic rings. The normalized spacial score (nSPS) is 44.7. The molecular weight excluding hydrogens is 210 g/mol. The van der Waals surface area contributed by atoms with E-state index in [0.717, 1.165) is 44.5 Å². The van der Waals surface area contributed by atoms with Crippen LogP contribution in [0.25, 0.3) is 0 Å². The zero-order chi connectivity index (χ0) is 11.2. The molecule has 0 unspecified atom stereocenters. The number of hydrogen-bond acceptors (Lipinski definition) is 5. The van der Waals surface area contributed by atoms with E-state index >= 15 is 0 Å². The maximum absolute atomic E-state index is 11.6. The highest BCUT2D eigenvalue weighted by atomic mass is 16.3. The van der Waals surface area contributed by atoms with E-state index < -0.39 is 0 Å². The molecule has 0 aromatic heterocycles. The van der Waals surface area contributed by atoms with Gasteiger partial charge in [-0.2, -0.15) is 0 Å². The van der Waals surface area contributed by atoms with Gasteiger partial charge in [0.05, 0.1) is 20.0 Å². The van der Waals surface area contributed by atoms with Crippen LogP contribution in [0.3, 0.4) is 0 Å². The number of aliphatic hydroxyl groups excluding tert-OH is 1. The second-order valence-electron chi connectivity index (χ2n) is 5.12. The van der Waals surface area contributed by atoms with Crippen molar-refractivity contribution in [1.29, 1.82) is 0 Å². The fraction of sp³-hybridized carbons (Fsp3) is 0.889. The van der Waals surface area contributed by atoms with Gasteiger partial charge in [-0.15, -0.1) is 0 Å². The highest BCUT2D eigenvalue weighted by Gasteiger charge is 2.49. The molecule has 16 heavy (non-hydrogen) atoms. The third-order valence-corrected chi connectivity index (χ3v) is 3.46. The summed E-state index contributed by atoms with van der Waals surface area (Å²) in [6.07, 6.45) is 0. The topological polar surface area (TPSA) is 59.1 Å². The number of nitrogens with one attached hydrogen (secondary N) is 1. The summed E-state index contributed by atoms with van der Waals surface area (Å²) in [5, 5.41) is 11.1. The van der Waals surface area contributed by atoms with Gasteiger partial charge in [-0.25, -0.2) is 14.7 Å². The summed E-state index contributed by atoms with van der Waals surface area (Å²) in [6.45, 7) is 6.12. The van der Waals surface area contributed by atoms with Gasteiger partial charge >= 0.3 is 0 Å². The van der Waals surface area contributed by atoms with Gasteiger partial charge in [-0.05, 0) is 0 Å². The average Bonchev–Trinajstić information content (AvgIpc) is 2.13. The van der Waals surface area contributed by atoms with Crippen LogP contribution in [0.15, 0.2) is 0 Å². The Labute approximate surface area is 94.4 Å². The number of rotatable bonds is 3. The molecule has 1 amide bonds. The Morgan fingerprint density at radius 3 is 2.06 bits per heavy atom. The third-order valence-electron chi connectivity index (χ3n) is 3.46. The molecule has 4 saturated heterocycles. The van der Waals surface area contributed by atoms with Crippen molar-refractivity contribution >= 4 is 5.91 Å². The summed E-state index contributed by atoms with van der Waals surface area (Å²) in [5.74, 6) is -0.0620. The van der Waals surface area contributed by atoms with E-state index in [1.165, 1.54) is 0 Å². The first-order valence-corrected chi connectivity index (χ1v) is 5.59. The molecule has 4 heterocycles. The van der Waals surface area contributed by atoms with Crippen LogP contribution < -0.4 is 5.32 Å². The Balaban J connectivity index is 1.71. The van der Waals surface area contributed by atoms with Crippen molar-refractivity contribution in [2.24, 2.45) is 0 Å². The maximum Gasteiger partial charge on any atom is 0.277 e. The summed E-state index contributed by atoms with van der Waals surface area (Å²) in [7, 11) is 0. The predicted molar refractivity (Wildman–Crippen MR) is 55.1 cm³/mol. The van der Waals surface area contributed by atoms with Crippen LogP contribution >= 0.6 is 0 Å². The Kier molecular flexibility index (Phi) is 2.37. The zero-order valence-corrected chi connectivity index (χ0v) is 9.30. The quantitative estimate of drug-likeness (QED) is 0.415. The van der Waals surface area contributed by atoms with Crippen LogP contribution in [0.5, 0.6) is 0 Å². The lowest BCUT2D eigenvalue weighted by Crippen LogP contribution is -2.80. The number of aliphatic hydroxyl groups is 1. The van der Waals surface area contributed by atoms with Gasteiger partial charge < -0.3 is 10.4 Å². The number of carbonyl (C=O) groups excluding carboxylic acids is 1. The average molecular weight is 228 g/mol. The SMILES string of the molecule is O=C(C[N+]12CN3CN(CN(C3)C1)C2)NCO. The van der Waals surface area contributed by atoms with E-state index in [0.29, 0.717) is 6.54 Å². The number of quaternary nitrogens is 1. The van der Waals surface area contributed by atoms with Crippen molar-refractivity contribution in [2.45, 2.75) is 0 Å². The Bertz CT molecular complexity index is 273. The molecule has 7 nitrogen and oxygen atoms in total. The highest BCUT2D eigenvalue weighted by Crippen LogP contribution is 2.27. The number of hydrogen-bond donors (Lipinski definition) is 2. The molecule has 4 fully saturated rings. The fourth-order valence-corrected chi connectivity index (χ4v) is 3.26. The summed E-state index contributed by atoms with van der Waals surface area (Å²) < 4.78 is 0.784. The molecule has 0 aromatic rings. The van der Waals surface area contributed by atoms with E-state index in [4.69, 9.17) is 5.11 Å². The third kappa shape index (κ3) is 1.70. The largest absolute Gasteiger partial charge is 0.376 e. The molecular formula is C9H18N5O2+. The van der Waals surface area contributed by atoms with Crippen molar-refractivity contribution in [3.05, 3.63) is 0 Å². The molecule has 0 radical (unpaired) electrons. The first kappa shape index (κ1) is 10.4. The smallest absolute Gasteiger partial charge is 0.277 e. The lowest BCUT2D eigenvalue weighted by molar-refractivity contribution is -0.973. The Morgan fingerprint density at radius 1 is 1.12 bits per heavy atom. The van der Waals surface area contributed by atoms with Crippen molar-refractivity contribution in [3.8, 4) is 0 Å². The minimum Gasteiger partial charge on any atom is -0.376 e. The molecule has 0 saturated carbocycles. The lowest BCUT2D eigenvalue weighted by atomic mass is 10.3. The van der Waals surface area contributed by atoms with Gasteiger partial charge in [-0.1, -0.05) is 0 Å². The van der Waals surface area contributed by atoms with Crippen molar-refractivity contribution < 1.29 is 14.4 Å². The minimum atomic E-state index is -0.268. The van der Waals surface area contributed by atoms with Crippen LogP contribution in [0.2, 0.25) is 0 Å². The van der Waals surface area contributed by atoms with Gasteiger partial charge in [0.1, 0.15) is 26.7 Å². The summed E-state index contributed by atoms with van der Waals surface area (Å²) >= 11 is 0. The number of carbonyl (C=O) groups is 1. The fourth-order valence-electron chi connectivity index (χ4n) is 3.26. The predicted octanol–water partition coefficient (Wildman–Crippen LogP) is -2.44. The van der Waals surface area contributed by atoms with Crippen LogP contribution in [0.1, 0.15) is 0 Å². The highest BCUT2D eigenvalue weighted by molar-refractivity contribution is 5.76. The van der Waals surface area contributed by atoms with Crippen LogP contribution in [0.4, 0.5) is 0 Å². The zero-order valence-electron chi connectivity index (χ0n) is 9.30. The van der Waals surface area contributed by atoms with Crippen LogP contribution in [-0.4, -0.2) is 83.5 Å². The molecule has 2 N–H and O–H groups in total. The second kappa shape index (κ2) is 3.64. The molecule has 90 valence electrons. The molecule has 4 bridgehead atoms. The Morgan fingerprint density at radius 2 is 1.62 bits per heavy atom. The summed E-state index contributed by atoms with van der Waals surface area (Å²) in [5.41, 5.74) is 0. The van der Waals surface area contributed by atoms with Gasteiger partial charge in [0.2, 0.25) is 0 Å². The standard InChI is InChI=1S/C9H17N5O2/c15-2-10-9(16)1-14-6-11-3-12(7-14)5-13(4-11)8-14/h15H,1-8H2/p+1. The molecule has 0 aliphatic carbocycles. The number of nitrogens with zero attached hydrogens (tertiary/aromatic N) is 4. The number of amides is 1. The van der Waals surface area contributed by atoms with Gasteiger partial charge in [0, 0.05) is 0 Å². The first-order chi connectivity index (χ1) is 7.69. The second-order valence-corrected chi connectivity index (χ2v) is 5.12. The monoisotopic (exact) mass is 228 g/mol. The van der Waals surface area contributed by atoms with E-state index in [2.05, 4.69) is 20.0 Å². The minimum absolute atomic E-state index is 0.0620. The molecule has 4 aliphatic heterocycles. The molecule has 0 spiro atoms. The van der Waals surface area contributed by atoms with Crippen LogP contribution in [0, 0.1) is 0 Å². The van der Waals surface area contributed by atoms with Crippen molar-refractivity contribution in [1.82, 2.24) is 20.0 Å². The van der Waals surface area contributed by atoms with E-state index in [1.54, 1.807) is 0 Å². The van der Waals surface area contributed by atoms with Gasteiger partial charge in [0.15, 0.2) is 6.54 Å². The van der Waals surface area contributed by atoms with Crippen molar-refractivity contribution in [3.63, 3.8) is 0 Å². The molecule has 0 atom stereocenters. The van der Waals surface area contributed by atoms with Gasteiger partial charge in [0.25, 0.3) is 5.91 Å². The van der Waals surface area contributed by atoms with E-state index in [1.807, 2.05) is 0 Å². The van der Waals surface area contributed by atoms with Crippen LogP contribution in [-0.2, 0) is 4.79 Å². The maximum atomic E-state index is 11.6. The Hall–Kier alpha value is -0.730. The summed E-state index contributed by atoms with van der Waals surface area (Å²) in [4.78, 5) is 18.7.